The van der Waals surface area contributed by atoms with Crippen LogP contribution >= 0.6 is 11.3 Å². The average molecular weight is 366 g/mol. The number of aromatic nitrogens is 1. The molecule has 1 aromatic heterocycles. The fraction of sp³-hybridized carbons (Fsp3) is 0.462. The van der Waals surface area contributed by atoms with Gasteiger partial charge in [-0.05, 0) is 30.5 Å². The predicted molar refractivity (Wildman–Crippen MR) is 79.4 cm³/mol. The Bertz CT molecular complexity index is 928. The number of halogens is 3. The molecule has 3 rings (SSSR count). The maximum Gasteiger partial charge on any atom is 0.573 e. The highest BCUT2D eigenvalue weighted by molar-refractivity contribution is 7.90. The van der Waals surface area contributed by atoms with Crippen LogP contribution < -0.4 is 9.54 Å². The van der Waals surface area contributed by atoms with Crippen molar-refractivity contribution in [2.45, 2.75) is 25.2 Å². The van der Waals surface area contributed by atoms with E-state index in [1.54, 1.807) is 4.57 Å². The second-order valence-electron chi connectivity index (χ2n) is 5.54. The third-order valence-corrected chi connectivity index (χ3v) is 5.55. The minimum atomic E-state index is -4.77. The lowest BCUT2D eigenvalue weighted by Gasteiger charge is -2.25. The Kier molecular flexibility index (Phi) is 3.71. The molecule has 0 spiro atoms. The summed E-state index contributed by atoms with van der Waals surface area (Å²) >= 11 is 1.01. The van der Waals surface area contributed by atoms with Crippen LogP contribution in [0.15, 0.2) is 12.1 Å². The molecule has 126 valence electrons. The van der Waals surface area contributed by atoms with E-state index in [2.05, 4.69) is 4.74 Å². The minimum Gasteiger partial charge on any atom is -0.406 e. The topological polar surface area (TPSA) is 72.2 Å². The molecule has 0 saturated heterocycles. The second kappa shape index (κ2) is 5.23. The number of nitrogens with one attached hydrogen (secondary N) is 1. The molecule has 5 nitrogen and oxygen atoms in total. The molecule has 0 amide bonds. The first-order valence-corrected chi connectivity index (χ1v) is 9.57. The summed E-state index contributed by atoms with van der Waals surface area (Å²) in [5, 5.41) is 8.04. The van der Waals surface area contributed by atoms with E-state index in [-0.39, 0.29) is 22.3 Å². The molecule has 0 bridgehead atoms. The van der Waals surface area contributed by atoms with Crippen molar-refractivity contribution >= 4 is 31.4 Å². The predicted octanol–water partition coefficient (Wildman–Crippen LogP) is 2.61. The van der Waals surface area contributed by atoms with Gasteiger partial charge in [0.2, 0.25) is 0 Å². The number of aryl methyl sites for hydroxylation is 1. The van der Waals surface area contributed by atoms with Crippen molar-refractivity contribution in [3.05, 3.63) is 22.5 Å². The molecule has 2 heterocycles. The van der Waals surface area contributed by atoms with Crippen LogP contribution in [0, 0.1) is 5.41 Å². The van der Waals surface area contributed by atoms with Crippen LogP contribution in [0.4, 0.5) is 13.2 Å². The lowest BCUT2D eigenvalue weighted by atomic mass is 10.00. The van der Waals surface area contributed by atoms with Crippen LogP contribution in [0.2, 0.25) is 0 Å². The smallest absolute Gasteiger partial charge is 0.406 e. The Morgan fingerprint density at radius 2 is 2.13 bits per heavy atom. The summed E-state index contributed by atoms with van der Waals surface area (Å²) in [4.78, 5) is 0.124. The Morgan fingerprint density at radius 1 is 1.43 bits per heavy atom. The fourth-order valence-electron chi connectivity index (χ4n) is 2.93. The van der Waals surface area contributed by atoms with E-state index in [1.807, 2.05) is 0 Å². The monoisotopic (exact) mass is 366 g/mol. The van der Waals surface area contributed by atoms with Gasteiger partial charge in [0.1, 0.15) is 15.6 Å². The third-order valence-electron chi connectivity index (χ3n) is 3.63. The first-order chi connectivity index (χ1) is 10.5. The summed E-state index contributed by atoms with van der Waals surface area (Å²) in [6, 6.07) is 2.19. The lowest BCUT2D eigenvalue weighted by molar-refractivity contribution is -0.274. The summed E-state index contributed by atoms with van der Waals surface area (Å²) in [5.74, 6) is -0.398. The molecule has 1 aliphatic heterocycles. The highest BCUT2D eigenvalue weighted by atomic mass is 32.2. The maximum atomic E-state index is 12.4. The van der Waals surface area contributed by atoms with E-state index in [0.717, 1.165) is 17.6 Å². The zero-order valence-corrected chi connectivity index (χ0v) is 13.6. The van der Waals surface area contributed by atoms with Crippen LogP contribution in [-0.2, 0) is 16.3 Å². The Morgan fingerprint density at radius 3 is 2.74 bits per heavy atom. The largest absolute Gasteiger partial charge is 0.573 e. The molecular weight excluding hydrogens is 353 g/mol. The number of ether oxygens (including phenoxy) is 1. The molecule has 23 heavy (non-hydrogen) atoms. The van der Waals surface area contributed by atoms with Gasteiger partial charge < -0.3 is 9.30 Å². The molecule has 2 aromatic rings. The van der Waals surface area contributed by atoms with Gasteiger partial charge in [-0.3, -0.25) is 5.41 Å². The third kappa shape index (κ3) is 3.37. The minimum absolute atomic E-state index is 0.0877. The molecule has 0 radical (unpaired) electrons. The van der Waals surface area contributed by atoms with Gasteiger partial charge in [-0.15, -0.1) is 13.2 Å². The number of thiazole rings is 1. The second-order valence-corrected chi connectivity index (χ2v) is 8.75. The van der Waals surface area contributed by atoms with Crippen molar-refractivity contribution in [2.24, 2.45) is 0 Å². The Balaban J connectivity index is 2.12. The lowest BCUT2D eigenvalue weighted by Crippen LogP contribution is -2.29. The van der Waals surface area contributed by atoms with E-state index in [1.165, 1.54) is 12.1 Å². The molecule has 0 aliphatic carbocycles. The molecule has 1 atom stereocenters. The van der Waals surface area contributed by atoms with Gasteiger partial charge in [0.05, 0.1) is 22.0 Å². The molecule has 0 saturated carbocycles. The van der Waals surface area contributed by atoms with E-state index in [0.29, 0.717) is 28.6 Å². The standard InChI is InChI=1S/C13H13F3N2O3S2/c1-23(19,20)6-8-3-2-7-4-9(21-13(14,15)16)5-10-11(7)18(8)12(17)22-10/h4-5,8,17H,2-3,6H2,1H3/t8-/m1/s1. The van der Waals surface area contributed by atoms with Gasteiger partial charge >= 0.3 is 6.36 Å². The zero-order chi connectivity index (χ0) is 17.0. The summed E-state index contributed by atoms with van der Waals surface area (Å²) in [5.41, 5.74) is 1.27. The van der Waals surface area contributed by atoms with E-state index in [9.17, 15) is 21.6 Å². The van der Waals surface area contributed by atoms with Crippen LogP contribution in [0.25, 0.3) is 10.2 Å². The van der Waals surface area contributed by atoms with Crippen LogP contribution in [-0.4, -0.2) is 31.4 Å². The number of hydrogen-bond donors (Lipinski definition) is 1. The van der Waals surface area contributed by atoms with Gasteiger partial charge in [-0.2, -0.15) is 0 Å². The first kappa shape index (κ1) is 16.3. The van der Waals surface area contributed by atoms with Crippen molar-refractivity contribution in [3.63, 3.8) is 0 Å². The quantitative estimate of drug-likeness (QED) is 0.908. The Labute approximate surface area is 133 Å². The van der Waals surface area contributed by atoms with E-state index >= 15 is 0 Å². The van der Waals surface area contributed by atoms with Crippen molar-refractivity contribution in [3.8, 4) is 5.75 Å². The first-order valence-electron chi connectivity index (χ1n) is 6.69. The Hall–Kier alpha value is -1.55. The SMILES string of the molecule is CS(=O)(=O)C[C@H]1CCc2cc(OC(F)(F)F)cc3sc(=N)n1c23. The summed E-state index contributed by atoms with van der Waals surface area (Å²) in [6.45, 7) is 0. The highest BCUT2D eigenvalue weighted by Gasteiger charge is 2.33. The summed E-state index contributed by atoms with van der Waals surface area (Å²) in [7, 11) is -3.22. The van der Waals surface area contributed by atoms with Crippen LogP contribution in [0.3, 0.4) is 0 Å². The number of alkyl halides is 3. The summed E-state index contributed by atoms with van der Waals surface area (Å²) in [6.07, 6.45) is -2.73. The molecule has 0 unspecified atom stereocenters. The molecule has 1 aromatic carbocycles. The highest BCUT2D eigenvalue weighted by Crippen LogP contribution is 2.36. The van der Waals surface area contributed by atoms with Gasteiger partial charge in [0.25, 0.3) is 0 Å². The fourth-order valence-corrected chi connectivity index (χ4v) is 5.00. The van der Waals surface area contributed by atoms with Gasteiger partial charge in [0, 0.05) is 6.26 Å². The molecule has 1 N–H and O–H groups in total. The van der Waals surface area contributed by atoms with Gasteiger partial charge in [0.15, 0.2) is 4.80 Å². The number of sulfone groups is 1. The zero-order valence-electron chi connectivity index (χ0n) is 12.0. The summed E-state index contributed by atoms with van der Waals surface area (Å²) < 4.78 is 66.4. The molecular formula is C13H13F3N2O3S2. The normalized spacial score (nSPS) is 18.3. The van der Waals surface area contributed by atoms with Crippen molar-refractivity contribution in [2.75, 3.05) is 12.0 Å². The van der Waals surface area contributed by atoms with Crippen LogP contribution in [0.5, 0.6) is 5.75 Å². The van der Waals surface area contributed by atoms with Crippen molar-refractivity contribution in [1.82, 2.24) is 4.57 Å². The maximum absolute atomic E-state index is 12.4. The number of rotatable bonds is 3. The van der Waals surface area contributed by atoms with Crippen molar-refractivity contribution < 1.29 is 26.3 Å². The van der Waals surface area contributed by atoms with Gasteiger partial charge in [-0.25, -0.2) is 8.42 Å². The van der Waals surface area contributed by atoms with Crippen LogP contribution in [0.1, 0.15) is 18.0 Å². The number of benzene rings is 1. The molecule has 10 heteroatoms. The average Bonchev–Trinajstić information content (AvgIpc) is 2.67. The molecule has 1 aliphatic rings. The van der Waals surface area contributed by atoms with Crippen molar-refractivity contribution in [1.29, 1.82) is 5.41 Å². The van der Waals surface area contributed by atoms with E-state index in [4.69, 9.17) is 5.41 Å². The van der Waals surface area contributed by atoms with Gasteiger partial charge in [-0.1, -0.05) is 11.3 Å². The number of hydrogen-bond acceptors (Lipinski definition) is 5. The van der Waals surface area contributed by atoms with E-state index < -0.39 is 16.2 Å². The number of nitrogens with zero attached hydrogens (tertiary/aromatic N) is 1. The molecule has 0 fully saturated rings.